The van der Waals surface area contributed by atoms with E-state index in [-0.39, 0.29) is 5.91 Å². The topological polar surface area (TPSA) is 47.6 Å². The van der Waals surface area contributed by atoms with Crippen LogP contribution < -0.4 is 14.8 Å². The van der Waals surface area contributed by atoms with Crippen molar-refractivity contribution in [2.45, 2.75) is 20.3 Å². The zero-order chi connectivity index (χ0) is 16.1. The molecule has 0 saturated carbocycles. The molecule has 0 aromatic heterocycles. The van der Waals surface area contributed by atoms with Gasteiger partial charge in [-0.15, -0.1) is 0 Å². The van der Waals surface area contributed by atoms with Crippen LogP contribution in [0.25, 0.3) is 0 Å². The Morgan fingerprint density at radius 3 is 2.50 bits per heavy atom. The molecular weight excluding hydrogens is 278 g/mol. The minimum absolute atomic E-state index is 0.0831. The molecule has 2 aromatic carbocycles. The van der Waals surface area contributed by atoms with E-state index >= 15 is 0 Å². The van der Waals surface area contributed by atoms with Crippen LogP contribution in [0.3, 0.4) is 0 Å². The van der Waals surface area contributed by atoms with Gasteiger partial charge in [-0.05, 0) is 37.1 Å². The van der Waals surface area contributed by atoms with Gasteiger partial charge in [-0.2, -0.15) is 0 Å². The highest BCUT2D eigenvalue weighted by Gasteiger charge is 2.11. The first-order chi connectivity index (χ1) is 10.5. The van der Waals surface area contributed by atoms with E-state index in [1.807, 2.05) is 32.0 Å². The van der Waals surface area contributed by atoms with E-state index in [9.17, 15) is 4.79 Å². The number of benzene rings is 2. The van der Waals surface area contributed by atoms with Crippen molar-refractivity contribution >= 4 is 11.6 Å². The SMILES string of the molecule is COc1ccc(OC)c(NC(=O)Cc2cc(C)ccc2C)c1. The first-order valence-electron chi connectivity index (χ1n) is 7.11. The molecular formula is C18H21NO3. The Morgan fingerprint density at radius 2 is 1.82 bits per heavy atom. The predicted octanol–water partition coefficient (Wildman–Crippen LogP) is 3.50. The predicted molar refractivity (Wildman–Crippen MR) is 87.8 cm³/mol. The van der Waals surface area contributed by atoms with E-state index in [1.54, 1.807) is 32.4 Å². The molecule has 0 unspecified atom stereocenters. The maximum Gasteiger partial charge on any atom is 0.228 e. The van der Waals surface area contributed by atoms with Crippen molar-refractivity contribution in [3.63, 3.8) is 0 Å². The third kappa shape index (κ3) is 3.79. The smallest absolute Gasteiger partial charge is 0.228 e. The second-order valence-electron chi connectivity index (χ2n) is 5.22. The highest BCUT2D eigenvalue weighted by atomic mass is 16.5. The van der Waals surface area contributed by atoms with Crippen LogP contribution in [0, 0.1) is 13.8 Å². The zero-order valence-electron chi connectivity index (χ0n) is 13.4. The summed E-state index contributed by atoms with van der Waals surface area (Å²) >= 11 is 0. The molecule has 22 heavy (non-hydrogen) atoms. The molecule has 1 amide bonds. The van der Waals surface area contributed by atoms with Crippen LogP contribution >= 0.6 is 0 Å². The summed E-state index contributed by atoms with van der Waals surface area (Å²) in [5.74, 6) is 1.19. The molecule has 0 bridgehead atoms. The Morgan fingerprint density at radius 1 is 1.05 bits per heavy atom. The molecule has 4 heteroatoms. The van der Waals surface area contributed by atoms with Crippen LogP contribution in [0.2, 0.25) is 0 Å². The molecule has 4 nitrogen and oxygen atoms in total. The fraction of sp³-hybridized carbons (Fsp3) is 0.278. The van der Waals surface area contributed by atoms with Gasteiger partial charge >= 0.3 is 0 Å². The number of hydrogen-bond acceptors (Lipinski definition) is 3. The van der Waals surface area contributed by atoms with Gasteiger partial charge in [0.25, 0.3) is 0 Å². The number of nitrogens with one attached hydrogen (secondary N) is 1. The van der Waals surface area contributed by atoms with E-state index in [0.717, 1.165) is 16.7 Å². The normalized spacial score (nSPS) is 10.2. The highest BCUT2D eigenvalue weighted by molar-refractivity contribution is 5.94. The van der Waals surface area contributed by atoms with Gasteiger partial charge in [0, 0.05) is 6.07 Å². The quantitative estimate of drug-likeness (QED) is 0.919. The molecule has 2 aromatic rings. The van der Waals surface area contributed by atoms with Gasteiger partial charge in [-0.25, -0.2) is 0 Å². The Balaban J connectivity index is 2.16. The molecule has 0 heterocycles. The summed E-state index contributed by atoms with van der Waals surface area (Å²) in [7, 11) is 3.16. The Bertz CT molecular complexity index is 680. The van der Waals surface area contributed by atoms with Crippen molar-refractivity contribution in [2.75, 3.05) is 19.5 Å². The van der Waals surface area contributed by atoms with Crippen molar-refractivity contribution in [3.8, 4) is 11.5 Å². The lowest BCUT2D eigenvalue weighted by Gasteiger charge is -2.12. The molecule has 0 spiro atoms. The van der Waals surface area contributed by atoms with Crippen molar-refractivity contribution in [2.24, 2.45) is 0 Å². The lowest BCUT2D eigenvalue weighted by atomic mass is 10.0. The lowest BCUT2D eigenvalue weighted by molar-refractivity contribution is -0.115. The number of amides is 1. The van der Waals surface area contributed by atoms with Gasteiger partial charge in [-0.1, -0.05) is 23.8 Å². The summed E-state index contributed by atoms with van der Waals surface area (Å²) < 4.78 is 10.5. The maximum atomic E-state index is 12.3. The van der Waals surface area contributed by atoms with Crippen molar-refractivity contribution < 1.29 is 14.3 Å². The first-order valence-corrected chi connectivity index (χ1v) is 7.11. The van der Waals surface area contributed by atoms with Crippen LogP contribution in [0.5, 0.6) is 11.5 Å². The largest absolute Gasteiger partial charge is 0.497 e. The second kappa shape index (κ2) is 6.98. The molecule has 0 aliphatic carbocycles. The third-order valence-electron chi connectivity index (χ3n) is 3.54. The van der Waals surface area contributed by atoms with E-state index in [4.69, 9.17) is 9.47 Å². The molecule has 0 saturated heterocycles. The summed E-state index contributed by atoms with van der Waals surface area (Å²) in [5.41, 5.74) is 3.89. The number of ether oxygens (including phenoxy) is 2. The number of anilines is 1. The number of aryl methyl sites for hydroxylation is 2. The van der Waals surface area contributed by atoms with Crippen molar-refractivity contribution in [3.05, 3.63) is 53.1 Å². The van der Waals surface area contributed by atoms with Crippen LogP contribution in [0.4, 0.5) is 5.69 Å². The van der Waals surface area contributed by atoms with Crippen molar-refractivity contribution in [1.29, 1.82) is 0 Å². The molecule has 0 aliphatic rings. The Kier molecular flexibility index (Phi) is 5.04. The van der Waals surface area contributed by atoms with E-state index in [1.165, 1.54) is 0 Å². The van der Waals surface area contributed by atoms with Gasteiger partial charge in [0.2, 0.25) is 5.91 Å². The second-order valence-corrected chi connectivity index (χ2v) is 5.22. The summed E-state index contributed by atoms with van der Waals surface area (Å²) in [6.45, 7) is 4.03. The summed E-state index contributed by atoms with van der Waals surface area (Å²) in [6, 6.07) is 11.4. The summed E-state index contributed by atoms with van der Waals surface area (Å²) in [4.78, 5) is 12.3. The van der Waals surface area contributed by atoms with Crippen LogP contribution in [-0.2, 0) is 11.2 Å². The van der Waals surface area contributed by atoms with Gasteiger partial charge in [-0.3, -0.25) is 4.79 Å². The minimum Gasteiger partial charge on any atom is -0.497 e. The number of methoxy groups -OCH3 is 2. The van der Waals surface area contributed by atoms with Crippen molar-refractivity contribution in [1.82, 2.24) is 0 Å². The lowest BCUT2D eigenvalue weighted by Crippen LogP contribution is -2.15. The van der Waals surface area contributed by atoms with Gasteiger partial charge < -0.3 is 14.8 Å². The van der Waals surface area contributed by atoms with Gasteiger partial charge in [0.1, 0.15) is 11.5 Å². The van der Waals surface area contributed by atoms with Gasteiger partial charge in [0.05, 0.1) is 26.3 Å². The van der Waals surface area contributed by atoms with Gasteiger partial charge in [0.15, 0.2) is 0 Å². The van der Waals surface area contributed by atoms with Crippen LogP contribution in [-0.4, -0.2) is 20.1 Å². The third-order valence-corrected chi connectivity index (χ3v) is 3.54. The van der Waals surface area contributed by atoms with E-state index in [2.05, 4.69) is 5.32 Å². The number of carbonyl (C=O) groups excluding carboxylic acids is 1. The fourth-order valence-electron chi connectivity index (χ4n) is 2.27. The molecule has 0 fully saturated rings. The average Bonchev–Trinajstić information content (AvgIpc) is 2.50. The van der Waals surface area contributed by atoms with E-state index < -0.39 is 0 Å². The summed E-state index contributed by atoms with van der Waals surface area (Å²) in [5, 5.41) is 2.89. The van der Waals surface area contributed by atoms with E-state index in [0.29, 0.717) is 23.6 Å². The monoisotopic (exact) mass is 299 g/mol. The molecule has 116 valence electrons. The summed E-state index contributed by atoms with van der Waals surface area (Å²) in [6.07, 6.45) is 0.327. The van der Waals surface area contributed by atoms with Crippen LogP contribution in [0.1, 0.15) is 16.7 Å². The molecule has 1 N–H and O–H groups in total. The molecule has 0 atom stereocenters. The minimum atomic E-state index is -0.0831. The highest BCUT2D eigenvalue weighted by Crippen LogP contribution is 2.29. The molecule has 0 aliphatic heterocycles. The number of rotatable bonds is 5. The number of carbonyl (C=O) groups is 1. The molecule has 0 radical (unpaired) electrons. The Labute approximate surface area is 131 Å². The standard InChI is InChI=1S/C18H21NO3/c1-12-5-6-13(2)14(9-12)10-18(20)19-16-11-15(21-3)7-8-17(16)22-4/h5-9,11H,10H2,1-4H3,(H,19,20). The maximum absolute atomic E-state index is 12.3. The first kappa shape index (κ1) is 15.9. The number of hydrogen-bond donors (Lipinski definition) is 1. The van der Waals surface area contributed by atoms with Crippen LogP contribution in [0.15, 0.2) is 36.4 Å². The average molecular weight is 299 g/mol. The zero-order valence-corrected chi connectivity index (χ0v) is 13.4. The molecule has 2 rings (SSSR count). The Hall–Kier alpha value is -2.49. The fourth-order valence-corrected chi connectivity index (χ4v) is 2.27.